The fourth-order valence-electron chi connectivity index (χ4n) is 4.47. The van der Waals surface area contributed by atoms with Gasteiger partial charge in [-0.2, -0.15) is 0 Å². The summed E-state index contributed by atoms with van der Waals surface area (Å²) >= 11 is -1.07. The van der Waals surface area contributed by atoms with Gasteiger partial charge in [-0.1, -0.05) is 0 Å². The van der Waals surface area contributed by atoms with Crippen molar-refractivity contribution >= 4 is 32.2 Å². The summed E-state index contributed by atoms with van der Waals surface area (Å²) < 4.78 is 3.36. The van der Waals surface area contributed by atoms with E-state index in [1.807, 2.05) is 0 Å². The van der Waals surface area contributed by atoms with Gasteiger partial charge in [-0.05, 0) is 0 Å². The van der Waals surface area contributed by atoms with Gasteiger partial charge in [0.25, 0.3) is 0 Å². The maximum absolute atomic E-state index is 4.24. The number of benzene rings is 2. The summed E-state index contributed by atoms with van der Waals surface area (Å²) in [7, 11) is -0.266. The van der Waals surface area contributed by atoms with Crippen LogP contribution in [0, 0.1) is 0 Å². The zero-order chi connectivity index (χ0) is 16.7. The summed E-state index contributed by atoms with van der Waals surface area (Å²) in [6.07, 6.45) is 1.38. The zero-order valence-electron chi connectivity index (χ0n) is 14.4. The molecular weight excluding hydrogens is 370 g/mol. The molecule has 2 bridgehead atoms. The van der Waals surface area contributed by atoms with Crippen molar-refractivity contribution in [3.8, 4) is 0 Å². The summed E-state index contributed by atoms with van der Waals surface area (Å²) in [5.74, 6) is 2.27. The van der Waals surface area contributed by atoms with Gasteiger partial charge >= 0.3 is 152 Å². The second-order valence-corrected chi connectivity index (χ2v) is 14.4. The molecule has 0 nitrogen and oxygen atoms in total. The zero-order valence-corrected chi connectivity index (χ0v) is 17.2. The summed E-state index contributed by atoms with van der Waals surface area (Å²) in [6.45, 7) is 9.05. The van der Waals surface area contributed by atoms with E-state index >= 15 is 0 Å². The Bertz CT molecular complexity index is 765. The van der Waals surface area contributed by atoms with E-state index in [2.05, 4.69) is 86.9 Å². The fraction of sp³-hybridized carbons (Fsp3) is 0.273. The van der Waals surface area contributed by atoms with Crippen molar-refractivity contribution in [3.63, 3.8) is 0 Å². The standard InChI is InChI=1S/C22H24AsP/c1-4-24(19-13-9-6-10-14-19)21-15-20-16(2)17(3)22(21)23(20)18-11-7-5-8-12-18/h4-14,20-22H,1,15H2,2-3H3. The molecule has 0 amide bonds. The topological polar surface area (TPSA) is 0 Å². The molecule has 2 aliphatic rings. The van der Waals surface area contributed by atoms with E-state index in [9.17, 15) is 0 Å². The molecule has 0 spiro atoms. The third-order valence-electron chi connectivity index (χ3n) is 5.69. The monoisotopic (exact) mass is 394 g/mol. The Hall–Kier alpha value is -1.09. The quantitative estimate of drug-likeness (QED) is 0.380. The number of fused-ring (bicyclic) bond motifs is 2. The van der Waals surface area contributed by atoms with Crippen molar-refractivity contribution in [2.45, 2.75) is 35.3 Å². The number of hydrogen-bond acceptors (Lipinski definition) is 0. The average molecular weight is 394 g/mol. The van der Waals surface area contributed by atoms with Gasteiger partial charge in [0.1, 0.15) is 0 Å². The Morgan fingerprint density at radius 1 is 0.958 bits per heavy atom. The van der Waals surface area contributed by atoms with Gasteiger partial charge < -0.3 is 0 Å². The van der Waals surface area contributed by atoms with E-state index in [-0.39, 0.29) is 7.92 Å². The van der Waals surface area contributed by atoms with Crippen LogP contribution in [0.25, 0.3) is 0 Å². The summed E-state index contributed by atoms with van der Waals surface area (Å²) in [5.41, 5.74) is 4.23. The SMILES string of the molecule is C=CP(c1ccccc1)C1CC2C(C)=C(C)C1[As]2c1ccccc1. The first-order valence-corrected chi connectivity index (χ1v) is 13.3. The predicted molar refractivity (Wildman–Crippen MR) is 109 cm³/mol. The summed E-state index contributed by atoms with van der Waals surface area (Å²) in [5, 5.41) is 1.51. The van der Waals surface area contributed by atoms with Gasteiger partial charge in [0.15, 0.2) is 0 Å². The van der Waals surface area contributed by atoms with E-state index in [0.29, 0.717) is 0 Å². The van der Waals surface area contributed by atoms with Crippen LogP contribution in [0.4, 0.5) is 0 Å². The Labute approximate surface area is 151 Å². The van der Waals surface area contributed by atoms with Gasteiger partial charge in [-0.3, -0.25) is 0 Å². The second-order valence-electron chi connectivity index (χ2n) is 6.80. The van der Waals surface area contributed by atoms with Crippen LogP contribution in [0.3, 0.4) is 0 Å². The van der Waals surface area contributed by atoms with Crippen molar-refractivity contribution < 1.29 is 0 Å². The molecule has 0 radical (unpaired) electrons. The molecule has 2 aliphatic heterocycles. The van der Waals surface area contributed by atoms with Gasteiger partial charge in [-0.15, -0.1) is 0 Å². The molecule has 0 saturated carbocycles. The van der Waals surface area contributed by atoms with Crippen molar-refractivity contribution in [1.82, 2.24) is 0 Å². The third-order valence-corrected chi connectivity index (χ3v) is 16.1. The Kier molecular flexibility index (Phi) is 4.55. The average Bonchev–Trinajstić information content (AvgIpc) is 3.12. The van der Waals surface area contributed by atoms with Gasteiger partial charge in [-0.25, -0.2) is 0 Å². The van der Waals surface area contributed by atoms with Crippen LogP contribution < -0.4 is 9.66 Å². The molecule has 122 valence electrons. The number of allylic oxidation sites excluding steroid dienone is 2. The summed E-state index contributed by atoms with van der Waals surface area (Å²) in [4.78, 5) is 0. The minimum atomic E-state index is -1.07. The first kappa shape index (κ1) is 16.4. The molecule has 2 aromatic carbocycles. The van der Waals surface area contributed by atoms with Crippen LogP contribution in [0.2, 0.25) is 9.41 Å². The fourth-order valence-corrected chi connectivity index (χ4v) is 16.7. The molecule has 24 heavy (non-hydrogen) atoms. The maximum atomic E-state index is 4.24. The first-order chi connectivity index (χ1) is 11.7. The molecule has 0 aliphatic carbocycles. The van der Waals surface area contributed by atoms with E-state index in [1.165, 1.54) is 11.7 Å². The molecule has 0 aromatic heterocycles. The molecular formula is C22H24AsP. The summed E-state index contributed by atoms with van der Waals surface area (Å²) in [6, 6.07) is 22.5. The van der Waals surface area contributed by atoms with Crippen molar-refractivity contribution in [2.24, 2.45) is 0 Å². The van der Waals surface area contributed by atoms with Crippen LogP contribution in [0.1, 0.15) is 20.3 Å². The molecule has 0 N–H and O–H groups in total. The van der Waals surface area contributed by atoms with Crippen LogP contribution in [-0.2, 0) is 0 Å². The third kappa shape index (κ3) is 2.56. The molecule has 4 rings (SSSR count). The molecule has 1 fully saturated rings. The van der Waals surface area contributed by atoms with Crippen LogP contribution >= 0.6 is 7.92 Å². The Morgan fingerprint density at radius 2 is 1.58 bits per heavy atom. The van der Waals surface area contributed by atoms with Gasteiger partial charge in [0, 0.05) is 0 Å². The Morgan fingerprint density at radius 3 is 2.21 bits per heavy atom. The normalized spacial score (nSPS) is 29.8. The van der Waals surface area contributed by atoms with E-state index in [0.717, 1.165) is 15.1 Å². The number of rotatable bonds is 4. The van der Waals surface area contributed by atoms with Crippen molar-refractivity contribution in [3.05, 3.63) is 84.2 Å². The van der Waals surface area contributed by atoms with Gasteiger partial charge in [0.05, 0.1) is 0 Å². The molecule has 1 saturated heterocycles. The van der Waals surface area contributed by atoms with Crippen molar-refractivity contribution in [2.75, 3.05) is 0 Å². The minimum absolute atomic E-state index is 0.266. The molecule has 2 aromatic rings. The van der Waals surface area contributed by atoms with Crippen LogP contribution in [-0.4, -0.2) is 20.3 Å². The van der Waals surface area contributed by atoms with Gasteiger partial charge in [0.2, 0.25) is 0 Å². The van der Waals surface area contributed by atoms with E-state index < -0.39 is 14.7 Å². The van der Waals surface area contributed by atoms with Crippen molar-refractivity contribution in [1.29, 1.82) is 0 Å². The Balaban J connectivity index is 1.73. The molecule has 5 atom stereocenters. The second kappa shape index (κ2) is 6.66. The first-order valence-electron chi connectivity index (χ1n) is 8.69. The van der Waals surface area contributed by atoms with E-state index in [4.69, 9.17) is 0 Å². The van der Waals surface area contributed by atoms with E-state index in [1.54, 1.807) is 15.5 Å². The number of hydrogen-bond donors (Lipinski definition) is 0. The molecule has 5 unspecified atom stereocenters. The predicted octanol–water partition coefficient (Wildman–Crippen LogP) is 5.20. The van der Waals surface area contributed by atoms with Crippen LogP contribution in [0.15, 0.2) is 84.2 Å². The molecule has 2 heteroatoms. The van der Waals surface area contributed by atoms with Crippen LogP contribution in [0.5, 0.6) is 0 Å². The molecule has 2 heterocycles.